The summed E-state index contributed by atoms with van der Waals surface area (Å²) < 4.78 is 17.4. The van der Waals surface area contributed by atoms with Gasteiger partial charge in [-0.25, -0.2) is 24.3 Å². The summed E-state index contributed by atoms with van der Waals surface area (Å²) in [6, 6.07) is 8.53. The highest BCUT2D eigenvalue weighted by Crippen LogP contribution is 2.21. The molecule has 1 N–H and O–H groups in total. The summed E-state index contributed by atoms with van der Waals surface area (Å²) >= 11 is 0. The number of nitrogens with one attached hydrogen (secondary N) is 1. The van der Waals surface area contributed by atoms with Crippen LogP contribution in [0, 0.1) is 5.82 Å². The Morgan fingerprint density at radius 3 is 2.92 bits per heavy atom. The minimum absolute atomic E-state index is 0.243. The number of fused-ring (bicyclic) bond motifs is 1. The monoisotopic (exact) mass is 338 g/mol. The largest absolute Gasteiger partial charge is 0.343 e. The molecule has 0 saturated carbocycles. The highest BCUT2D eigenvalue weighted by molar-refractivity contribution is 5.81. The van der Waals surface area contributed by atoms with Crippen LogP contribution in [0.4, 0.5) is 4.39 Å². The van der Waals surface area contributed by atoms with Gasteiger partial charge >= 0.3 is 5.69 Å². The van der Waals surface area contributed by atoms with Gasteiger partial charge in [0.2, 0.25) is 0 Å². The summed E-state index contributed by atoms with van der Waals surface area (Å²) in [6.07, 6.45) is 4.06. The number of imidazole rings is 1. The number of halogens is 1. The normalized spacial score (nSPS) is 11.3. The second-order valence-electron chi connectivity index (χ2n) is 5.71. The molecule has 7 nitrogen and oxygen atoms in total. The zero-order valence-corrected chi connectivity index (χ0v) is 13.5. The van der Waals surface area contributed by atoms with Gasteiger partial charge in [0, 0.05) is 37.8 Å². The van der Waals surface area contributed by atoms with Gasteiger partial charge in [-0.2, -0.15) is 5.10 Å². The van der Waals surface area contributed by atoms with E-state index in [1.807, 2.05) is 29.0 Å². The number of pyridine rings is 1. The molecule has 0 unspecified atom stereocenters. The van der Waals surface area contributed by atoms with Crippen molar-refractivity contribution in [2.75, 3.05) is 0 Å². The van der Waals surface area contributed by atoms with Crippen molar-refractivity contribution < 1.29 is 4.39 Å². The molecule has 0 aliphatic rings. The first-order valence-electron chi connectivity index (χ1n) is 7.80. The Hall–Kier alpha value is -3.29. The second-order valence-corrected chi connectivity index (χ2v) is 5.71. The number of H-pyrrole nitrogens is 1. The molecule has 0 fully saturated rings. The molecule has 126 valence electrons. The Balaban J connectivity index is 1.66. The first-order chi connectivity index (χ1) is 12.1. The minimum Gasteiger partial charge on any atom is -0.329 e. The predicted octanol–water partition coefficient (Wildman–Crippen LogP) is 1.90. The van der Waals surface area contributed by atoms with Crippen molar-refractivity contribution in [1.29, 1.82) is 0 Å². The first kappa shape index (κ1) is 15.3. The third kappa shape index (κ3) is 2.71. The number of hydrogen-bond donors (Lipinski definition) is 1. The van der Waals surface area contributed by atoms with Gasteiger partial charge in [0.05, 0.1) is 0 Å². The predicted molar refractivity (Wildman–Crippen MR) is 90.5 cm³/mol. The number of aryl methyl sites for hydroxylation is 2. The molecule has 0 amide bonds. The Labute approximate surface area is 141 Å². The van der Waals surface area contributed by atoms with Gasteiger partial charge in [-0.1, -0.05) is 18.2 Å². The zero-order valence-electron chi connectivity index (χ0n) is 13.5. The Kier molecular flexibility index (Phi) is 3.64. The van der Waals surface area contributed by atoms with E-state index in [9.17, 15) is 9.18 Å². The quantitative estimate of drug-likeness (QED) is 0.616. The lowest BCUT2D eigenvalue weighted by Crippen LogP contribution is -2.15. The van der Waals surface area contributed by atoms with E-state index in [0.29, 0.717) is 35.8 Å². The maximum Gasteiger partial charge on any atom is 0.343 e. The molecule has 0 aliphatic carbocycles. The zero-order chi connectivity index (χ0) is 17.4. The molecular weight excluding hydrogens is 323 g/mol. The summed E-state index contributed by atoms with van der Waals surface area (Å²) in [6.45, 7) is 0.574. The molecule has 4 aromatic rings. The fourth-order valence-electron chi connectivity index (χ4n) is 2.78. The molecule has 0 saturated heterocycles. The van der Waals surface area contributed by atoms with Gasteiger partial charge < -0.3 is 4.57 Å². The van der Waals surface area contributed by atoms with Crippen LogP contribution < -0.4 is 5.69 Å². The van der Waals surface area contributed by atoms with Gasteiger partial charge in [0.15, 0.2) is 5.82 Å². The Morgan fingerprint density at radius 1 is 1.24 bits per heavy atom. The molecule has 25 heavy (non-hydrogen) atoms. The number of benzene rings is 1. The van der Waals surface area contributed by atoms with Crippen LogP contribution in [0.15, 0.2) is 47.5 Å². The molecule has 0 spiro atoms. The molecule has 3 aromatic heterocycles. The van der Waals surface area contributed by atoms with Crippen molar-refractivity contribution >= 4 is 10.9 Å². The standard InChI is InChI=1S/C17H15FN6O/c1-23-14(21-22-17(23)25)7-9-24-10-8-19-16(24)13-6-5-11-3-2-4-12(18)15(11)20-13/h2-6,8,10H,7,9H2,1H3,(H,22,25). The summed E-state index contributed by atoms with van der Waals surface area (Å²) in [5, 5.41) is 7.16. The molecule has 8 heteroatoms. The van der Waals surface area contributed by atoms with Crippen molar-refractivity contribution in [3.8, 4) is 11.5 Å². The highest BCUT2D eigenvalue weighted by atomic mass is 19.1. The lowest BCUT2D eigenvalue weighted by atomic mass is 10.2. The van der Waals surface area contributed by atoms with Crippen molar-refractivity contribution in [3.63, 3.8) is 0 Å². The van der Waals surface area contributed by atoms with Crippen molar-refractivity contribution in [3.05, 3.63) is 64.9 Å². The second kappa shape index (κ2) is 5.97. The Bertz CT molecular complexity index is 1110. The minimum atomic E-state index is -0.357. The fraction of sp³-hybridized carbons (Fsp3) is 0.176. The topological polar surface area (TPSA) is 81.4 Å². The summed E-state index contributed by atoms with van der Waals surface area (Å²) in [5.41, 5.74) is 0.676. The summed E-state index contributed by atoms with van der Waals surface area (Å²) in [7, 11) is 1.67. The van der Waals surface area contributed by atoms with Crippen molar-refractivity contribution in [2.45, 2.75) is 13.0 Å². The maximum absolute atomic E-state index is 14.0. The first-order valence-corrected chi connectivity index (χ1v) is 7.80. The number of para-hydroxylation sites is 1. The maximum atomic E-state index is 14.0. The lowest BCUT2D eigenvalue weighted by Gasteiger charge is -2.08. The SMILES string of the molecule is Cn1c(CCn2ccnc2-c2ccc3cccc(F)c3n2)n[nH]c1=O. The van der Waals surface area contributed by atoms with E-state index in [0.717, 1.165) is 5.39 Å². The van der Waals surface area contributed by atoms with Gasteiger partial charge in [0.25, 0.3) is 0 Å². The van der Waals surface area contributed by atoms with E-state index in [2.05, 4.69) is 20.2 Å². The van der Waals surface area contributed by atoms with E-state index in [1.54, 1.807) is 19.3 Å². The molecule has 0 atom stereocenters. The molecule has 3 heterocycles. The van der Waals surface area contributed by atoms with Gasteiger partial charge in [-0.05, 0) is 12.1 Å². The smallest absolute Gasteiger partial charge is 0.329 e. The molecule has 0 radical (unpaired) electrons. The summed E-state index contributed by atoms with van der Waals surface area (Å²) in [4.78, 5) is 20.2. The number of hydrogen-bond acceptors (Lipinski definition) is 4. The van der Waals surface area contributed by atoms with Crippen LogP contribution in [0.1, 0.15) is 5.82 Å². The summed E-state index contributed by atoms with van der Waals surface area (Å²) in [5.74, 6) is 0.942. The van der Waals surface area contributed by atoms with E-state index in [4.69, 9.17) is 0 Å². The number of aromatic amines is 1. The van der Waals surface area contributed by atoms with Crippen molar-refractivity contribution in [1.82, 2.24) is 29.3 Å². The van der Waals surface area contributed by atoms with Gasteiger partial charge in [0.1, 0.15) is 22.9 Å². The number of nitrogens with zero attached hydrogens (tertiary/aromatic N) is 5. The van der Waals surface area contributed by atoms with E-state index in [-0.39, 0.29) is 11.5 Å². The van der Waals surface area contributed by atoms with E-state index in [1.165, 1.54) is 10.6 Å². The van der Waals surface area contributed by atoms with Crippen LogP contribution in [0.2, 0.25) is 0 Å². The van der Waals surface area contributed by atoms with Crippen LogP contribution in [0.25, 0.3) is 22.4 Å². The third-order valence-corrected chi connectivity index (χ3v) is 4.16. The van der Waals surface area contributed by atoms with Crippen LogP contribution in [0.5, 0.6) is 0 Å². The van der Waals surface area contributed by atoms with Crippen LogP contribution in [-0.2, 0) is 20.0 Å². The Morgan fingerprint density at radius 2 is 2.12 bits per heavy atom. The van der Waals surface area contributed by atoms with E-state index >= 15 is 0 Å². The van der Waals surface area contributed by atoms with Crippen LogP contribution in [0.3, 0.4) is 0 Å². The van der Waals surface area contributed by atoms with Crippen molar-refractivity contribution in [2.24, 2.45) is 7.05 Å². The molecule has 0 aliphatic heterocycles. The van der Waals surface area contributed by atoms with Crippen LogP contribution in [-0.4, -0.2) is 29.3 Å². The third-order valence-electron chi connectivity index (χ3n) is 4.16. The number of rotatable bonds is 4. The van der Waals surface area contributed by atoms with Gasteiger partial charge in [-0.15, -0.1) is 0 Å². The fourth-order valence-corrected chi connectivity index (χ4v) is 2.78. The molecule has 0 bridgehead atoms. The van der Waals surface area contributed by atoms with Gasteiger partial charge in [-0.3, -0.25) is 4.57 Å². The lowest BCUT2D eigenvalue weighted by molar-refractivity contribution is 0.636. The van der Waals surface area contributed by atoms with Crippen LogP contribution >= 0.6 is 0 Å². The average molecular weight is 338 g/mol. The molecule has 4 rings (SSSR count). The number of aromatic nitrogens is 6. The molecule has 1 aromatic carbocycles. The molecular formula is C17H15FN6O. The highest BCUT2D eigenvalue weighted by Gasteiger charge is 2.11. The van der Waals surface area contributed by atoms with E-state index < -0.39 is 0 Å². The average Bonchev–Trinajstić information content (AvgIpc) is 3.21.